The standard InChI is InChI=1S/C13H18N4O/c1-14-11-8-17-7-6-15-12(17)13(16-11)18-9-10-4-2-3-5-10/h6-8,10,14H,2-5,9H2,1H3. The SMILES string of the molecule is CNc1cn2ccnc2c(OCC2CCCC2)n1. The summed E-state index contributed by atoms with van der Waals surface area (Å²) < 4.78 is 7.80. The molecule has 96 valence electrons. The quantitative estimate of drug-likeness (QED) is 0.899. The van der Waals surface area contributed by atoms with Gasteiger partial charge < -0.3 is 10.1 Å². The number of anilines is 1. The van der Waals surface area contributed by atoms with Gasteiger partial charge in [-0.05, 0) is 18.8 Å². The maximum absolute atomic E-state index is 5.87. The predicted octanol–water partition coefficient (Wildman–Crippen LogP) is 2.34. The zero-order valence-corrected chi connectivity index (χ0v) is 10.6. The van der Waals surface area contributed by atoms with Crippen LogP contribution in [0.4, 0.5) is 5.82 Å². The van der Waals surface area contributed by atoms with Crippen LogP contribution in [0, 0.1) is 5.92 Å². The fourth-order valence-corrected chi connectivity index (χ4v) is 2.49. The monoisotopic (exact) mass is 246 g/mol. The lowest BCUT2D eigenvalue weighted by Crippen LogP contribution is -2.10. The number of imidazole rings is 1. The van der Waals surface area contributed by atoms with Crippen molar-refractivity contribution in [1.82, 2.24) is 14.4 Å². The Hall–Kier alpha value is -1.78. The van der Waals surface area contributed by atoms with Crippen LogP contribution in [0.2, 0.25) is 0 Å². The van der Waals surface area contributed by atoms with Gasteiger partial charge in [-0.15, -0.1) is 0 Å². The molecule has 1 aliphatic rings. The van der Waals surface area contributed by atoms with Gasteiger partial charge >= 0.3 is 0 Å². The first kappa shape index (κ1) is 11.3. The average Bonchev–Trinajstić information content (AvgIpc) is 3.06. The molecule has 2 aromatic rings. The topological polar surface area (TPSA) is 51.5 Å². The third-order valence-electron chi connectivity index (χ3n) is 3.53. The van der Waals surface area contributed by atoms with Crippen molar-refractivity contribution in [3.05, 3.63) is 18.6 Å². The third kappa shape index (κ3) is 2.12. The summed E-state index contributed by atoms with van der Waals surface area (Å²) in [5, 5.41) is 3.04. The third-order valence-corrected chi connectivity index (χ3v) is 3.53. The molecule has 5 heteroatoms. The van der Waals surface area contributed by atoms with E-state index < -0.39 is 0 Å². The molecule has 18 heavy (non-hydrogen) atoms. The van der Waals surface area contributed by atoms with Crippen LogP contribution in [-0.2, 0) is 0 Å². The van der Waals surface area contributed by atoms with Crippen molar-refractivity contribution in [2.45, 2.75) is 25.7 Å². The molecule has 3 rings (SSSR count). The zero-order chi connectivity index (χ0) is 12.4. The van der Waals surface area contributed by atoms with Gasteiger partial charge in [0.1, 0.15) is 5.82 Å². The fraction of sp³-hybridized carbons (Fsp3) is 0.538. The summed E-state index contributed by atoms with van der Waals surface area (Å²) in [6.45, 7) is 0.753. The lowest BCUT2D eigenvalue weighted by molar-refractivity contribution is 0.245. The van der Waals surface area contributed by atoms with Crippen LogP contribution in [0.15, 0.2) is 18.6 Å². The van der Waals surface area contributed by atoms with Crippen molar-refractivity contribution in [2.75, 3.05) is 19.0 Å². The molecule has 5 nitrogen and oxygen atoms in total. The van der Waals surface area contributed by atoms with Gasteiger partial charge in [0.05, 0.1) is 12.8 Å². The van der Waals surface area contributed by atoms with Gasteiger partial charge in [0.25, 0.3) is 5.88 Å². The summed E-state index contributed by atoms with van der Waals surface area (Å²) >= 11 is 0. The number of rotatable bonds is 4. The summed E-state index contributed by atoms with van der Waals surface area (Å²) in [6, 6.07) is 0. The Morgan fingerprint density at radius 1 is 1.44 bits per heavy atom. The first-order valence-electron chi connectivity index (χ1n) is 6.51. The number of hydrogen-bond acceptors (Lipinski definition) is 4. The van der Waals surface area contributed by atoms with E-state index in [1.54, 1.807) is 6.20 Å². The van der Waals surface area contributed by atoms with Crippen LogP contribution >= 0.6 is 0 Å². The maximum atomic E-state index is 5.87. The minimum atomic E-state index is 0.624. The molecule has 0 aromatic carbocycles. The Morgan fingerprint density at radius 3 is 3.06 bits per heavy atom. The van der Waals surface area contributed by atoms with E-state index in [0.29, 0.717) is 11.8 Å². The van der Waals surface area contributed by atoms with Crippen LogP contribution < -0.4 is 10.1 Å². The molecule has 1 N–H and O–H groups in total. The number of fused-ring (bicyclic) bond motifs is 1. The number of aromatic nitrogens is 3. The molecule has 2 aromatic heterocycles. The van der Waals surface area contributed by atoms with Crippen molar-refractivity contribution in [2.24, 2.45) is 5.92 Å². The molecule has 0 amide bonds. The normalized spacial score (nSPS) is 16.3. The van der Waals surface area contributed by atoms with E-state index in [4.69, 9.17) is 4.74 Å². The second-order valence-electron chi connectivity index (χ2n) is 4.80. The number of hydrogen-bond donors (Lipinski definition) is 1. The highest BCUT2D eigenvalue weighted by atomic mass is 16.5. The highest BCUT2D eigenvalue weighted by Gasteiger charge is 2.17. The Bertz CT molecular complexity index is 531. The maximum Gasteiger partial charge on any atom is 0.260 e. The van der Waals surface area contributed by atoms with Gasteiger partial charge in [-0.2, -0.15) is 4.98 Å². The highest BCUT2D eigenvalue weighted by molar-refractivity contribution is 5.53. The summed E-state index contributed by atoms with van der Waals surface area (Å²) in [5.74, 6) is 2.10. The number of nitrogens with zero attached hydrogens (tertiary/aromatic N) is 3. The Morgan fingerprint density at radius 2 is 2.28 bits per heavy atom. The average molecular weight is 246 g/mol. The van der Waals surface area contributed by atoms with E-state index in [9.17, 15) is 0 Å². The first-order valence-corrected chi connectivity index (χ1v) is 6.51. The zero-order valence-electron chi connectivity index (χ0n) is 10.6. The molecule has 0 atom stereocenters. The second-order valence-corrected chi connectivity index (χ2v) is 4.80. The van der Waals surface area contributed by atoms with E-state index in [2.05, 4.69) is 15.3 Å². The van der Waals surface area contributed by atoms with Crippen LogP contribution in [0.1, 0.15) is 25.7 Å². The van der Waals surface area contributed by atoms with E-state index in [1.165, 1.54) is 25.7 Å². The molecule has 2 heterocycles. The van der Waals surface area contributed by atoms with Crippen LogP contribution in [0.5, 0.6) is 5.88 Å². The van der Waals surface area contributed by atoms with Gasteiger partial charge in [-0.3, -0.25) is 4.40 Å². The van der Waals surface area contributed by atoms with Gasteiger partial charge in [-0.1, -0.05) is 12.8 Å². The van der Waals surface area contributed by atoms with E-state index in [-0.39, 0.29) is 0 Å². The number of ether oxygens (including phenoxy) is 1. The summed E-state index contributed by atoms with van der Waals surface area (Å²) in [5.41, 5.74) is 0.784. The second kappa shape index (κ2) is 4.84. The molecule has 0 unspecified atom stereocenters. The molecule has 0 radical (unpaired) electrons. The van der Waals surface area contributed by atoms with E-state index in [0.717, 1.165) is 18.1 Å². The molecule has 0 saturated heterocycles. The minimum absolute atomic E-state index is 0.624. The molecular formula is C13H18N4O. The lowest BCUT2D eigenvalue weighted by atomic mass is 10.1. The van der Waals surface area contributed by atoms with Crippen LogP contribution in [0.25, 0.3) is 5.65 Å². The van der Waals surface area contributed by atoms with Crippen LogP contribution in [0.3, 0.4) is 0 Å². The molecule has 0 aliphatic heterocycles. The Kier molecular flexibility index (Phi) is 3.04. The van der Waals surface area contributed by atoms with Gasteiger partial charge in [0.15, 0.2) is 0 Å². The first-order chi connectivity index (χ1) is 8.86. The van der Waals surface area contributed by atoms with Crippen molar-refractivity contribution in [1.29, 1.82) is 0 Å². The lowest BCUT2D eigenvalue weighted by Gasteiger charge is -2.12. The van der Waals surface area contributed by atoms with Crippen LogP contribution in [-0.4, -0.2) is 28.0 Å². The molecule has 0 bridgehead atoms. The summed E-state index contributed by atoms with van der Waals surface area (Å²) in [7, 11) is 1.85. The predicted molar refractivity (Wildman–Crippen MR) is 70.0 cm³/mol. The molecule has 1 fully saturated rings. The largest absolute Gasteiger partial charge is 0.475 e. The molecule has 1 aliphatic carbocycles. The summed E-state index contributed by atoms with van der Waals surface area (Å²) in [4.78, 5) is 8.72. The smallest absolute Gasteiger partial charge is 0.260 e. The fourth-order valence-electron chi connectivity index (χ4n) is 2.49. The van der Waals surface area contributed by atoms with E-state index in [1.807, 2.05) is 23.8 Å². The molecular weight excluding hydrogens is 228 g/mol. The van der Waals surface area contributed by atoms with Gasteiger partial charge in [-0.25, -0.2) is 4.98 Å². The van der Waals surface area contributed by atoms with Gasteiger partial charge in [0.2, 0.25) is 5.65 Å². The van der Waals surface area contributed by atoms with Gasteiger partial charge in [0, 0.05) is 19.4 Å². The Labute approximate surface area is 106 Å². The van der Waals surface area contributed by atoms with Crippen molar-refractivity contribution >= 4 is 11.5 Å². The van der Waals surface area contributed by atoms with E-state index >= 15 is 0 Å². The number of nitrogens with one attached hydrogen (secondary N) is 1. The molecule has 1 saturated carbocycles. The van der Waals surface area contributed by atoms with Crippen molar-refractivity contribution in [3.63, 3.8) is 0 Å². The highest BCUT2D eigenvalue weighted by Crippen LogP contribution is 2.26. The Balaban J connectivity index is 1.82. The van der Waals surface area contributed by atoms with Crippen molar-refractivity contribution in [3.8, 4) is 5.88 Å². The minimum Gasteiger partial charge on any atom is -0.475 e. The molecule has 0 spiro atoms. The van der Waals surface area contributed by atoms with Crippen molar-refractivity contribution < 1.29 is 4.74 Å². The summed E-state index contributed by atoms with van der Waals surface area (Å²) in [6.07, 6.45) is 10.8.